The lowest BCUT2D eigenvalue weighted by atomic mass is 10.0. The summed E-state index contributed by atoms with van der Waals surface area (Å²) < 4.78 is 39.2. The highest BCUT2D eigenvalue weighted by atomic mass is 19.4. The number of benzene rings is 1. The van der Waals surface area contributed by atoms with E-state index in [4.69, 9.17) is 0 Å². The van der Waals surface area contributed by atoms with Crippen LogP contribution in [0.1, 0.15) is 42.2 Å². The van der Waals surface area contributed by atoms with Crippen LogP contribution in [0.5, 0.6) is 0 Å². The molecule has 2 aromatic rings. The minimum Gasteiger partial charge on any atom is -0.355 e. The zero-order chi connectivity index (χ0) is 22.4. The van der Waals surface area contributed by atoms with Gasteiger partial charge < -0.3 is 10.6 Å². The maximum atomic E-state index is 12.7. The van der Waals surface area contributed by atoms with Gasteiger partial charge in [0.25, 0.3) is 5.91 Å². The van der Waals surface area contributed by atoms with E-state index < -0.39 is 11.9 Å². The summed E-state index contributed by atoms with van der Waals surface area (Å²) in [5.74, 6) is -0.217. The molecule has 0 atom stereocenters. The summed E-state index contributed by atoms with van der Waals surface area (Å²) in [5.41, 5.74) is -0.112. The fourth-order valence-corrected chi connectivity index (χ4v) is 3.41. The molecule has 7 nitrogen and oxygen atoms in total. The number of nitrogens with zero attached hydrogens (tertiary/aromatic N) is 3. The van der Waals surface area contributed by atoms with Crippen LogP contribution in [0.4, 0.5) is 13.2 Å². The van der Waals surface area contributed by atoms with E-state index >= 15 is 0 Å². The molecule has 3 rings (SSSR count). The second kappa shape index (κ2) is 9.95. The first kappa shape index (κ1) is 22.8. The largest absolute Gasteiger partial charge is 0.435 e. The van der Waals surface area contributed by atoms with E-state index in [-0.39, 0.29) is 17.9 Å². The van der Waals surface area contributed by atoms with Gasteiger partial charge in [0.15, 0.2) is 5.69 Å². The molecule has 2 amide bonds. The fraction of sp³-hybridized carbons (Fsp3) is 0.476. The van der Waals surface area contributed by atoms with E-state index in [0.29, 0.717) is 24.3 Å². The Bertz CT molecular complexity index is 887. The third-order valence-corrected chi connectivity index (χ3v) is 5.14. The smallest absolute Gasteiger partial charge is 0.355 e. The molecule has 1 fully saturated rings. The first-order valence-corrected chi connectivity index (χ1v) is 10.3. The molecule has 0 unspecified atom stereocenters. The van der Waals surface area contributed by atoms with Crippen molar-refractivity contribution in [2.45, 2.75) is 38.4 Å². The zero-order valence-corrected chi connectivity index (χ0v) is 17.3. The molecule has 1 aromatic heterocycles. The van der Waals surface area contributed by atoms with Gasteiger partial charge in [0.05, 0.1) is 12.2 Å². The molecule has 1 saturated heterocycles. The van der Waals surface area contributed by atoms with E-state index in [9.17, 15) is 22.8 Å². The number of hydrogen-bond acceptors (Lipinski definition) is 4. The Labute approximate surface area is 178 Å². The molecule has 0 bridgehead atoms. The summed E-state index contributed by atoms with van der Waals surface area (Å²) in [4.78, 5) is 26.4. The molecule has 0 saturated carbocycles. The molecule has 2 N–H and O–H groups in total. The quantitative estimate of drug-likeness (QED) is 0.698. The number of hydrogen-bond donors (Lipinski definition) is 2. The number of aromatic nitrogens is 2. The minimum atomic E-state index is -4.50. The van der Waals surface area contributed by atoms with E-state index in [1.54, 1.807) is 24.3 Å². The van der Waals surface area contributed by atoms with Crippen LogP contribution in [-0.2, 0) is 11.0 Å². The molecule has 2 heterocycles. The second-order valence-corrected chi connectivity index (χ2v) is 7.56. The lowest BCUT2D eigenvalue weighted by Crippen LogP contribution is -2.47. The summed E-state index contributed by atoms with van der Waals surface area (Å²) in [7, 11) is 0. The Morgan fingerprint density at radius 3 is 2.39 bits per heavy atom. The first-order chi connectivity index (χ1) is 14.8. The predicted octanol–water partition coefficient (Wildman–Crippen LogP) is 2.61. The number of alkyl halides is 3. The van der Waals surface area contributed by atoms with Crippen LogP contribution in [0.25, 0.3) is 5.69 Å². The van der Waals surface area contributed by atoms with Crippen molar-refractivity contribution in [3.63, 3.8) is 0 Å². The number of carbonyl (C=O) groups excluding carboxylic acids is 2. The van der Waals surface area contributed by atoms with Gasteiger partial charge in [-0.25, -0.2) is 4.68 Å². The van der Waals surface area contributed by atoms with Gasteiger partial charge in [-0.15, -0.1) is 0 Å². The molecule has 0 aliphatic carbocycles. The lowest BCUT2D eigenvalue weighted by Gasteiger charge is -2.31. The van der Waals surface area contributed by atoms with Gasteiger partial charge in [0.1, 0.15) is 0 Å². The summed E-state index contributed by atoms with van der Waals surface area (Å²) in [6.45, 7) is 4.50. The van der Waals surface area contributed by atoms with Gasteiger partial charge >= 0.3 is 6.18 Å². The predicted molar refractivity (Wildman–Crippen MR) is 109 cm³/mol. The van der Waals surface area contributed by atoms with Crippen molar-refractivity contribution < 1.29 is 22.8 Å². The van der Waals surface area contributed by atoms with Gasteiger partial charge in [-0.3, -0.25) is 14.5 Å². The van der Waals surface area contributed by atoms with Gasteiger partial charge in [-0.05, 0) is 49.6 Å². The fourth-order valence-electron chi connectivity index (χ4n) is 3.41. The highest BCUT2D eigenvalue weighted by Crippen LogP contribution is 2.27. The zero-order valence-electron chi connectivity index (χ0n) is 17.3. The topological polar surface area (TPSA) is 79.3 Å². The molecule has 1 aromatic carbocycles. The molecule has 168 valence electrons. The molecule has 1 aliphatic rings. The van der Waals surface area contributed by atoms with Crippen molar-refractivity contribution >= 4 is 11.8 Å². The average Bonchev–Trinajstić information content (AvgIpc) is 3.25. The molecule has 0 spiro atoms. The van der Waals surface area contributed by atoms with Crippen LogP contribution >= 0.6 is 0 Å². The van der Waals surface area contributed by atoms with Crippen molar-refractivity contribution in [2.75, 3.05) is 26.2 Å². The summed E-state index contributed by atoms with van der Waals surface area (Å²) in [6.07, 6.45) is -0.873. The number of likely N-dealkylation sites (tertiary alicyclic amines) is 1. The van der Waals surface area contributed by atoms with Crippen molar-refractivity contribution in [1.82, 2.24) is 25.3 Å². The van der Waals surface area contributed by atoms with Crippen molar-refractivity contribution in [1.29, 1.82) is 0 Å². The third-order valence-electron chi connectivity index (χ3n) is 5.14. The maximum absolute atomic E-state index is 12.7. The normalized spacial score (nSPS) is 15.6. The number of amides is 2. The first-order valence-electron chi connectivity index (χ1n) is 10.3. The minimum absolute atomic E-state index is 0.0163. The maximum Gasteiger partial charge on any atom is 0.435 e. The molecule has 0 radical (unpaired) electrons. The number of piperidine rings is 1. The van der Waals surface area contributed by atoms with Crippen LogP contribution in [0.2, 0.25) is 0 Å². The number of carbonyl (C=O) groups is 2. The van der Waals surface area contributed by atoms with Crippen LogP contribution in [0.3, 0.4) is 0 Å². The van der Waals surface area contributed by atoms with E-state index in [1.165, 1.54) is 6.20 Å². The molecular formula is C21H26F3N5O2. The average molecular weight is 437 g/mol. The Morgan fingerprint density at radius 2 is 1.81 bits per heavy atom. The van der Waals surface area contributed by atoms with Gasteiger partial charge in [0, 0.05) is 37.4 Å². The van der Waals surface area contributed by atoms with Gasteiger partial charge in [-0.1, -0.05) is 6.92 Å². The number of halogens is 3. The standard InChI is InChI=1S/C21H26F3N5O2/c1-2-10-25-19(30)14-28-11-7-16(8-12-28)26-20(31)15-3-5-17(6-4-15)29-13-9-18(27-29)21(22,23)24/h3-6,9,13,16H,2,7-8,10-12,14H2,1H3,(H,25,30)(H,26,31). The second-order valence-electron chi connectivity index (χ2n) is 7.56. The summed E-state index contributed by atoms with van der Waals surface area (Å²) in [6, 6.07) is 7.15. The monoisotopic (exact) mass is 437 g/mol. The van der Waals surface area contributed by atoms with E-state index in [0.717, 1.165) is 43.1 Å². The Balaban J connectivity index is 1.49. The van der Waals surface area contributed by atoms with Crippen LogP contribution in [0.15, 0.2) is 36.5 Å². The molecule has 10 heteroatoms. The number of rotatable bonds is 7. The Kier molecular flexibility index (Phi) is 7.32. The van der Waals surface area contributed by atoms with Crippen molar-refractivity contribution in [3.8, 4) is 5.69 Å². The lowest BCUT2D eigenvalue weighted by molar-refractivity contribution is -0.141. The molecular weight excluding hydrogens is 411 g/mol. The van der Waals surface area contributed by atoms with Crippen LogP contribution in [0, 0.1) is 0 Å². The van der Waals surface area contributed by atoms with Crippen LogP contribution in [-0.4, -0.2) is 58.7 Å². The number of nitrogens with one attached hydrogen (secondary N) is 2. The highest BCUT2D eigenvalue weighted by Gasteiger charge is 2.33. The molecule has 31 heavy (non-hydrogen) atoms. The van der Waals surface area contributed by atoms with Crippen molar-refractivity contribution in [3.05, 3.63) is 47.8 Å². The molecule has 1 aliphatic heterocycles. The van der Waals surface area contributed by atoms with Gasteiger partial charge in [-0.2, -0.15) is 18.3 Å². The highest BCUT2D eigenvalue weighted by molar-refractivity contribution is 5.94. The van der Waals surface area contributed by atoms with E-state index in [2.05, 4.69) is 20.6 Å². The Morgan fingerprint density at radius 1 is 1.13 bits per heavy atom. The summed E-state index contributed by atoms with van der Waals surface area (Å²) in [5, 5.41) is 9.37. The van der Waals surface area contributed by atoms with Crippen molar-refractivity contribution in [2.24, 2.45) is 0 Å². The summed E-state index contributed by atoms with van der Waals surface area (Å²) >= 11 is 0. The van der Waals surface area contributed by atoms with Gasteiger partial charge in [0.2, 0.25) is 5.91 Å². The van der Waals surface area contributed by atoms with Crippen LogP contribution < -0.4 is 10.6 Å². The third kappa shape index (κ3) is 6.30. The SMILES string of the molecule is CCCNC(=O)CN1CCC(NC(=O)c2ccc(-n3ccc(C(F)(F)F)n3)cc2)CC1. The van der Waals surface area contributed by atoms with E-state index in [1.807, 2.05) is 6.92 Å². The Hall–Kier alpha value is -2.88.